The molecule has 14 heavy (non-hydrogen) atoms. The lowest BCUT2D eigenvalue weighted by Gasteiger charge is -2.12. The lowest BCUT2D eigenvalue weighted by Crippen LogP contribution is -2.13. The summed E-state index contributed by atoms with van der Waals surface area (Å²) in [5.41, 5.74) is 4.70. The van der Waals surface area contributed by atoms with E-state index >= 15 is 0 Å². The molecular formula is C9H10F3NO. The number of phenolic OH excluding ortho intramolecular Hbond substituents is 1. The summed E-state index contributed by atoms with van der Waals surface area (Å²) >= 11 is 0. The van der Waals surface area contributed by atoms with Crippen molar-refractivity contribution in [3.8, 4) is 5.75 Å². The van der Waals surface area contributed by atoms with E-state index < -0.39 is 34.7 Å². The maximum Gasteiger partial charge on any atom is 0.171 e. The summed E-state index contributed by atoms with van der Waals surface area (Å²) in [6, 6.07) is 0.400. The minimum Gasteiger partial charge on any atom is -0.505 e. The normalized spacial score (nSPS) is 12.9. The molecule has 3 N–H and O–H groups in total. The molecule has 5 heteroatoms. The summed E-state index contributed by atoms with van der Waals surface area (Å²) in [4.78, 5) is 0. The smallest absolute Gasteiger partial charge is 0.171 e. The van der Waals surface area contributed by atoms with Gasteiger partial charge in [-0.3, -0.25) is 0 Å². The molecule has 1 aromatic rings. The van der Waals surface area contributed by atoms with Gasteiger partial charge in [0.25, 0.3) is 0 Å². The van der Waals surface area contributed by atoms with Crippen molar-refractivity contribution in [1.82, 2.24) is 0 Å². The zero-order valence-corrected chi connectivity index (χ0v) is 7.52. The molecule has 1 aromatic carbocycles. The topological polar surface area (TPSA) is 46.2 Å². The molecule has 1 unspecified atom stereocenters. The van der Waals surface area contributed by atoms with Crippen molar-refractivity contribution in [2.75, 3.05) is 6.54 Å². The number of hydrogen-bond acceptors (Lipinski definition) is 2. The van der Waals surface area contributed by atoms with Gasteiger partial charge in [-0.1, -0.05) is 6.92 Å². The quantitative estimate of drug-likeness (QED) is 0.724. The Bertz CT molecular complexity index is 328. The van der Waals surface area contributed by atoms with Crippen molar-refractivity contribution in [2.45, 2.75) is 12.8 Å². The lowest BCUT2D eigenvalue weighted by molar-refractivity contribution is 0.400. The molecule has 0 bridgehead atoms. The lowest BCUT2D eigenvalue weighted by atomic mass is 9.99. The van der Waals surface area contributed by atoms with Crippen LogP contribution in [-0.4, -0.2) is 11.7 Å². The molecule has 1 atom stereocenters. The first kappa shape index (κ1) is 10.8. The molecule has 2 nitrogen and oxygen atoms in total. The van der Waals surface area contributed by atoms with Crippen molar-refractivity contribution < 1.29 is 18.3 Å². The molecule has 1 rings (SSSR count). The number of phenols is 1. The Morgan fingerprint density at radius 2 is 1.93 bits per heavy atom. The van der Waals surface area contributed by atoms with Crippen LogP contribution in [0.3, 0.4) is 0 Å². The number of benzene rings is 1. The van der Waals surface area contributed by atoms with Gasteiger partial charge in [-0.15, -0.1) is 0 Å². The second-order valence-corrected chi connectivity index (χ2v) is 3.06. The molecule has 0 aromatic heterocycles. The van der Waals surface area contributed by atoms with Gasteiger partial charge in [0.05, 0.1) is 0 Å². The van der Waals surface area contributed by atoms with E-state index in [0.29, 0.717) is 6.07 Å². The molecule has 0 saturated heterocycles. The van der Waals surface area contributed by atoms with E-state index in [1.165, 1.54) is 6.92 Å². The van der Waals surface area contributed by atoms with Gasteiger partial charge in [0.2, 0.25) is 0 Å². The molecular weight excluding hydrogens is 195 g/mol. The Hall–Kier alpha value is -1.23. The Morgan fingerprint density at radius 3 is 2.43 bits per heavy atom. The zero-order valence-electron chi connectivity index (χ0n) is 7.52. The average Bonchev–Trinajstić information content (AvgIpc) is 2.15. The highest BCUT2D eigenvalue weighted by molar-refractivity contribution is 5.34. The molecule has 78 valence electrons. The molecule has 0 amide bonds. The fourth-order valence-corrected chi connectivity index (χ4v) is 1.16. The number of rotatable bonds is 2. The highest BCUT2D eigenvalue weighted by Crippen LogP contribution is 2.29. The van der Waals surface area contributed by atoms with Crippen LogP contribution in [0.15, 0.2) is 6.07 Å². The third-order valence-corrected chi connectivity index (χ3v) is 2.02. The van der Waals surface area contributed by atoms with E-state index in [1.807, 2.05) is 0 Å². The van der Waals surface area contributed by atoms with E-state index in [1.54, 1.807) is 0 Å². The first-order chi connectivity index (χ1) is 6.49. The Labute approximate surface area is 79.2 Å². The molecule has 0 heterocycles. The van der Waals surface area contributed by atoms with Gasteiger partial charge in [-0.2, -0.15) is 0 Å². The summed E-state index contributed by atoms with van der Waals surface area (Å²) in [6.45, 7) is 1.41. The molecule has 0 radical (unpaired) electrons. The van der Waals surface area contributed by atoms with Crippen molar-refractivity contribution in [3.63, 3.8) is 0 Å². The fraction of sp³-hybridized carbons (Fsp3) is 0.333. The summed E-state index contributed by atoms with van der Waals surface area (Å²) in [7, 11) is 0. The van der Waals surface area contributed by atoms with Crippen LogP contribution in [0.1, 0.15) is 18.4 Å². The molecule has 0 aliphatic carbocycles. The van der Waals surface area contributed by atoms with E-state index in [2.05, 4.69) is 0 Å². The van der Waals surface area contributed by atoms with Gasteiger partial charge < -0.3 is 10.8 Å². The zero-order chi connectivity index (χ0) is 10.9. The van der Waals surface area contributed by atoms with E-state index in [4.69, 9.17) is 10.8 Å². The maximum absolute atomic E-state index is 13.2. The van der Waals surface area contributed by atoms with E-state index in [-0.39, 0.29) is 6.54 Å². The average molecular weight is 205 g/mol. The third kappa shape index (κ3) is 1.68. The first-order valence-corrected chi connectivity index (χ1v) is 4.05. The molecule has 0 saturated carbocycles. The van der Waals surface area contributed by atoms with E-state index in [0.717, 1.165) is 0 Å². The molecule has 0 fully saturated rings. The van der Waals surface area contributed by atoms with Gasteiger partial charge in [0.15, 0.2) is 23.2 Å². The van der Waals surface area contributed by atoms with Crippen LogP contribution in [0.25, 0.3) is 0 Å². The van der Waals surface area contributed by atoms with Crippen molar-refractivity contribution >= 4 is 0 Å². The number of aromatic hydroxyl groups is 1. The predicted octanol–water partition coefficient (Wildman–Crippen LogP) is 1.87. The second kappa shape index (κ2) is 3.88. The Kier molecular flexibility index (Phi) is 3.00. The van der Waals surface area contributed by atoms with Crippen LogP contribution in [0, 0.1) is 17.5 Å². The minimum absolute atomic E-state index is 0.0310. The largest absolute Gasteiger partial charge is 0.505 e. The first-order valence-electron chi connectivity index (χ1n) is 4.05. The summed E-state index contributed by atoms with van der Waals surface area (Å²) in [5.74, 6) is -5.31. The highest BCUT2D eigenvalue weighted by atomic mass is 19.2. The number of hydrogen-bond donors (Lipinski definition) is 2. The summed E-state index contributed by atoms with van der Waals surface area (Å²) in [6.07, 6.45) is 0. The van der Waals surface area contributed by atoms with Crippen molar-refractivity contribution in [2.24, 2.45) is 5.73 Å². The highest BCUT2D eigenvalue weighted by Gasteiger charge is 2.22. The van der Waals surface area contributed by atoms with Crippen molar-refractivity contribution in [3.05, 3.63) is 29.1 Å². The monoisotopic (exact) mass is 205 g/mol. The van der Waals surface area contributed by atoms with Crippen LogP contribution in [-0.2, 0) is 0 Å². The summed E-state index contributed by atoms with van der Waals surface area (Å²) in [5, 5.41) is 8.93. The minimum atomic E-state index is -1.29. The van der Waals surface area contributed by atoms with Crippen LogP contribution >= 0.6 is 0 Å². The second-order valence-electron chi connectivity index (χ2n) is 3.06. The standard InChI is InChI=1S/C9H10F3NO/c1-4(3-13)7-8(11)5(10)2-6(14)9(7)12/h2,4,14H,3,13H2,1H3. The maximum atomic E-state index is 13.2. The third-order valence-electron chi connectivity index (χ3n) is 2.02. The molecule has 0 aliphatic rings. The van der Waals surface area contributed by atoms with Gasteiger partial charge in [-0.05, 0) is 12.5 Å². The predicted molar refractivity (Wildman–Crippen MR) is 45.5 cm³/mol. The fourth-order valence-electron chi connectivity index (χ4n) is 1.16. The molecule has 0 spiro atoms. The van der Waals surface area contributed by atoms with Crippen LogP contribution < -0.4 is 5.73 Å². The number of nitrogens with two attached hydrogens (primary N) is 1. The Morgan fingerprint density at radius 1 is 1.36 bits per heavy atom. The van der Waals surface area contributed by atoms with Crippen LogP contribution in [0.4, 0.5) is 13.2 Å². The number of halogens is 3. The van der Waals surface area contributed by atoms with Crippen LogP contribution in [0.5, 0.6) is 5.75 Å². The SMILES string of the molecule is CC(CN)c1c(F)c(O)cc(F)c1F. The Balaban J connectivity index is 3.39. The molecule has 0 aliphatic heterocycles. The van der Waals surface area contributed by atoms with Crippen molar-refractivity contribution in [1.29, 1.82) is 0 Å². The van der Waals surface area contributed by atoms with Gasteiger partial charge in [0.1, 0.15) is 0 Å². The van der Waals surface area contributed by atoms with E-state index in [9.17, 15) is 13.2 Å². The van der Waals surface area contributed by atoms with Gasteiger partial charge in [0, 0.05) is 11.6 Å². The van der Waals surface area contributed by atoms with Gasteiger partial charge >= 0.3 is 0 Å². The van der Waals surface area contributed by atoms with Crippen LogP contribution in [0.2, 0.25) is 0 Å². The summed E-state index contributed by atoms with van der Waals surface area (Å²) < 4.78 is 39.0. The van der Waals surface area contributed by atoms with Gasteiger partial charge in [-0.25, -0.2) is 13.2 Å².